The predicted octanol–water partition coefficient (Wildman–Crippen LogP) is 1.74. The molecular formula is C18H27N3O2. The highest BCUT2D eigenvalue weighted by Crippen LogP contribution is 2.31. The molecular weight excluding hydrogens is 290 g/mol. The summed E-state index contributed by atoms with van der Waals surface area (Å²) in [7, 11) is 1.96. The summed E-state index contributed by atoms with van der Waals surface area (Å²) in [6.45, 7) is 4.90. The minimum absolute atomic E-state index is 0.209. The molecule has 23 heavy (non-hydrogen) atoms. The van der Waals surface area contributed by atoms with Gasteiger partial charge < -0.3 is 14.2 Å². The van der Waals surface area contributed by atoms with Gasteiger partial charge in [-0.25, -0.2) is 0 Å². The summed E-state index contributed by atoms with van der Waals surface area (Å²) in [4.78, 5) is 17.8. The minimum atomic E-state index is 0.209. The molecule has 0 aromatic carbocycles. The molecule has 0 saturated carbocycles. The topological polar surface area (TPSA) is 37.7 Å². The smallest absolute Gasteiger partial charge is 0.270 e. The number of hydrogen-bond donors (Lipinski definition) is 0. The molecule has 5 heteroatoms. The van der Waals surface area contributed by atoms with Crippen molar-refractivity contribution in [1.29, 1.82) is 0 Å². The SMILES string of the molecule is Cn1cccc1C(=O)N1C[C@H]2CC[C@@H]1CN(C1CCOCC1)C2. The number of carbonyl (C=O) groups is 1. The normalized spacial score (nSPS) is 29.7. The molecule has 4 aliphatic rings. The molecule has 1 aromatic heterocycles. The van der Waals surface area contributed by atoms with Gasteiger partial charge in [0.2, 0.25) is 0 Å². The Labute approximate surface area is 138 Å². The van der Waals surface area contributed by atoms with Crippen molar-refractivity contribution in [3.8, 4) is 0 Å². The molecule has 0 N–H and O–H groups in total. The Kier molecular flexibility index (Phi) is 4.16. The summed E-state index contributed by atoms with van der Waals surface area (Å²) in [6, 6.07) is 4.92. The Morgan fingerprint density at radius 1 is 1.09 bits per heavy atom. The first kappa shape index (κ1) is 15.2. The van der Waals surface area contributed by atoms with Gasteiger partial charge >= 0.3 is 0 Å². The van der Waals surface area contributed by atoms with Gasteiger partial charge in [0.05, 0.1) is 0 Å². The number of hydrogen-bond acceptors (Lipinski definition) is 3. The van der Waals surface area contributed by atoms with Crippen LogP contribution in [-0.4, -0.2) is 65.2 Å². The van der Waals surface area contributed by atoms with Crippen molar-refractivity contribution in [3.63, 3.8) is 0 Å². The number of carbonyl (C=O) groups excluding carboxylic acids is 1. The van der Waals surface area contributed by atoms with E-state index in [1.54, 1.807) is 0 Å². The van der Waals surface area contributed by atoms with Crippen LogP contribution < -0.4 is 0 Å². The predicted molar refractivity (Wildman–Crippen MR) is 88.4 cm³/mol. The highest BCUT2D eigenvalue weighted by Gasteiger charge is 2.39. The Morgan fingerprint density at radius 2 is 1.91 bits per heavy atom. The van der Waals surface area contributed by atoms with Crippen molar-refractivity contribution in [1.82, 2.24) is 14.4 Å². The van der Waals surface area contributed by atoms with Gasteiger partial charge in [0.1, 0.15) is 5.69 Å². The standard InChI is InChI=1S/C18H27N3O2/c1-19-8-2-3-17(19)18(22)21-12-14-4-5-16(21)13-20(11-14)15-6-9-23-10-7-15/h2-3,8,14-16H,4-7,9-13H2,1H3/t14-,16+/m0/s1. The Bertz CT molecular complexity index is 564. The zero-order valence-electron chi connectivity index (χ0n) is 14.0. The van der Waals surface area contributed by atoms with Gasteiger partial charge in [0, 0.05) is 58.2 Å². The van der Waals surface area contributed by atoms with Gasteiger partial charge in [-0.3, -0.25) is 9.69 Å². The molecule has 0 unspecified atom stereocenters. The summed E-state index contributed by atoms with van der Waals surface area (Å²) in [6.07, 6.45) is 6.66. The van der Waals surface area contributed by atoms with Crippen LogP contribution in [0, 0.1) is 5.92 Å². The molecule has 126 valence electrons. The highest BCUT2D eigenvalue weighted by molar-refractivity contribution is 5.93. The summed E-state index contributed by atoms with van der Waals surface area (Å²) in [5, 5.41) is 0. The molecule has 5 rings (SSSR count). The second-order valence-electron chi connectivity index (χ2n) is 7.36. The molecule has 1 amide bonds. The summed E-state index contributed by atoms with van der Waals surface area (Å²) < 4.78 is 7.46. The number of aryl methyl sites for hydroxylation is 1. The number of ether oxygens (including phenoxy) is 1. The average Bonchev–Trinajstić information content (AvgIpc) is 2.82. The maximum atomic E-state index is 13.0. The number of nitrogens with zero attached hydrogens (tertiary/aromatic N) is 3. The lowest BCUT2D eigenvalue weighted by Crippen LogP contribution is -2.48. The number of aromatic nitrogens is 1. The molecule has 4 saturated heterocycles. The lowest BCUT2D eigenvalue weighted by atomic mass is 9.94. The van der Waals surface area contributed by atoms with E-state index in [4.69, 9.17) is 4.74 Å². The first-order chi connectivity index (χ1) is 11.2. The fourth-order valence-electron chi connectivity index (χ4n) is 4.55. The third-order valence-electron chi connectivity index (χ3n) is 5.87. The van der Waals surface area contributed by atoms with E-state index in [1.165, 1.54) is 6.42 Å². The largest absolute Gasteiger partial charge is 0.381 e. The molecule has 5 heterocycles. The second-order valence-corrected chi connectivity index (χ2v) is 7.36. The van der Waals surface area contributed by atoms with E-state index in [-0.39, 0.29) is 5.91 Å². The van der Waals surface area contributed by atoms with Gasteiger partial charge in [-0.1, -0.05) is 0 Å². The van der Waals surface area contributed by atoms with E-state index in [9.17, 15) is 4.79 Å². The van der Waals surface area contributed by atoms with E-state index in [1.807, 2.05) is 29.9 Å². The molecule has 4 fully saturated rings. The van der Waals surface area contributed by atoms with Gasteiger partial charge in [0.15, 0.2) is 0 Å². The van der Waals surface area contributed by atoms with Crippen LogP contribution in [0.15, 0.2) is 18.3 Å². The zero-order chi connectivity index (χ0) is 15.8. The first-order valence-corrected chi connectivity index (χ1v) is 8.96. The van der Waals surface area contributed by atoms with Crippen molar-refractivity contribution in [2.45, 2.75) is 37.8 Å². The lowest BCUT2D eigenvalue weighted by Gasteiger charge is -2.37. The van der Waals surface area contributed by atoms with Gasteiger partial charge in [0.25, 0.3) is 5.91 Å². The number of amides is 1. The van der Waals surface area contributed by atoms with Crippen molar-refractivity contribution in [2.75, 3.05) is 32.8 Å². The van der Waals surface area contributed by atoms with Crippen molar-refractivity contribution in [3.05, 3.63) is 24.0 Å². The maximum absolute atomic E-state index is 13.0. The third kappa shape index (κ3) is 2.92. The molecule has 1 aromatic rings. The van der Waals surface area contributed by atoms with E-state index in [2.05, 4.69) is 9.80 Å². The fraction of sp³-hybridized carbons (Fsp3) is 0.722. The Morgan fingerprint density at radius 3 is 2.65 bits per heavy atom. The maximum Gasteiger partial charge on any atom is 0.270 e. The van der Waals surface area contributed by atoms with E-state index in [0.29, 0.717) is 18.0 Å². The van der Waals surface area contributed by atoms with Crippen LogP contribution in [0.2, 0.25) is 0 Å². The molecule has 4 aliphatic heterocycles. The van der Waals surface area contributed by atoms with Gasteiger partial charge in [-0.05, 0) is 43.7 Å². The molecule has 2 atom stereocenters. The fourth-order valence-corrected chi connectivity index (χ4v) is 4.55. The van der Waals surface area contributed by atoms with E-state index >= 15 is 0 Å². The van der Waals surface area contributed by atoms with Crippen LogP contribution in [0.3, 0.4) is 0 Å². The highest BCUT2D eigenvalue weighted by atomic mass is 16.5. The molecule has 0 aliphatic carbocycles. The van der Waals surface area contributed by atoms with Crippen molar-refractivity contribution >= 4 is 5.91 Å². The summed E-state index contributed by atoms with van der Waals surface area (Å²) in [5.41, 5.74) is 0.815. The molecule has 0 radical (unpaired) electrons. The van der Waals surface area contributed by atoms with Crippen LogP contribution >= 0.6 is 0 Å². The van der Waals surface area contributed by atoms with Crippen LogP contribution in [0.25, 0.3) is 0 Å². The zero-order valence-corrected chi connectivity index (χ0v) is 14.0. The average molecular weight is 317 g/mol. The number of fused-ring (bicyclic) bond motifs is 4. The number of piperidine rings is 1. The monoisotopic (exact) mass is 317 g/mol. The minimum Gasteiger partial charge on any atom is -0.381 e. The third-order valence-corrected chi connectivity index (χ3v) is 5.87. The molecule has 5 nitrogen and oxygen atoms in total. The summed E-state index contributed by atoms with van der Waals surface area (Å²) in [5.74, 6) is 0.835. The Balaban J connectivity index is 1.51. The molecule has 2 bridgehead atoms. The quantitative estimate of drug-likeness (QED) is 0.834. The van der Waals surface area contributed by atoms with Crippen LogP contribution in [0.5, 0.6) is 0 Å². The second kappa shape index (κ2) is 6.29. The van der Waals surface area contributed by atoms with E-state index < -0.39 is 0 Å². The van der Waals surface area contributed by atoms with Gasteiger partial charge in [-0.2, -0.15) is 0 Å². The Hall–Kier alpha value is -1.33. The van der Waals surface area contributed by atoms with E-state index in [0.717, 1.165) is 57.8 Å². The first-order valence-electron chi connectivity index (χ1n) is 8.96. The van der Waals surface area contributed by atoms with Crippen LogP contribution in [-0.2, 0) is 11.8 Å². The number of rotatable bonds is 2. The van der Waals surface area contributed by atoms with Crippen molar-refractivity contribution < 1.29 is 9.53 Å². The van der Waals surface area contributed by atoms with Crippen molar-refractivity contribution in [2.24, 2.45) is 13.0 Å². The van der Waals surface area contributed by atoms with Crippen LogP contribution in [0.1, 0.15) is 36.2 Å². The molecule has 0 spiro atoms. The summed E-state index contributed by atoms with van der Waals surface area (Å²) >= 11 is 0. The van der Waals surface area contributed by atoms with Gasteiger partial charge in [-0.15, -0.1) is 0 Å². The lowest BCUT2D eigenvalue weighted by molar-refractivity contribution is 0.0303. The van der Waals surface area contributed by atoms with Crippen LogP contribution in [0.4, 0.5) is 0 Å².